The molecule has 0 bridgehead atoms. The summed E-state index contributed by atoms with van der Waals surface area (Å²) in [7, 11) is 0. The smallest absolute Gasteiger partial charge is 0.218 e. The summed E-state index contributed by atoms with van der Waals surface area (Å²) in [5, 5.41) is 0. The minimum atomic E-state index is 0.0665. The number of carbonyl (C=O) groups is 1. The van der Waals surface area contributed by atoms with Gasteiger partial charge >= 0.3 is 0 Å². The monoisotopic (exact) mass is 128 g/mol. The third-order valence-electron chi connectivity index (χ3n) is 1.19. The Morgan fingerprint density at radius 1 is 1.89 bits per heavy atom. The number of carbonyl (C=O) groups excluding carboxylic acids is 1. The average Bonchev–Trinajstić information content (AvgIpc) is 2.18. The van der Waals surface area contributed by atoms with Crippen molar-refractivity contribution in [2.45, 2.75) is 13.3 Å². The minimum Gasteiger partial charge on any atom is -0.525 e. The molecule has 0 radical (unpaired) electrons. The van der Waals surface area contributed by atoms with Gasteiger partial charge in [-0.25, -0.2) is 0 Å². The van der Waals surface area contributed by atoms with Gasteiger partial charge in [0.25, 0.3) is 0 Å². The van der Waals surface area contributed by atoms with Crippen molar-refractivity contribution in [2.24, 2.45) is 0 Å². The highest BCUT2D eigenvalue weighted by Crippen LogP contribution is 2.05. The van der Waals surface area contributed by atoms with Crippen LogP contribution < -0.4 is 0 Å². The van der Waals surface area contributed by atoms with E-state index in [1.165, 1.54) is 6.73 Å². The summed E-state index contributed by atoms with van der Waals surface area (Å²) in [6.07, 6.45) is 0.978. The summed E-state index contributed by atoms with van der Waals surface area (Å²) in [5.74, 6) is 0.0665. The molecule has 3 nitrogen and oxygen atoms in total. The Morgan fingerprint density at radius 2 is 2.67 bits per heavy atom. The largest absolute Gasteiger partial charge is 0.525 e. The molecule has 0 unspecified atom stereocenters. The van der Waals surface area contributed by atoms with Crippen LogP contribution in [0.1, 0.15) is 13.3 Å². The zero-order chi connectivity index (χ0) is 6.69. The molecule has 1 aliphatic rings. The fourth-order valence-electron chi connectivity index (χ4n) is 0.759. The van der Waals surface area contributed by atoms with Gasteiger partial charge in [-0.2, -0.15) is 0 Å². The van der Waals surface area contributed by atoms with Gasteiger partial charge in [0.05, 0.1) is 6.61 Å². The van der Waals surface area contributed by atoms with Gasteiger partial charge in [-0.1, -0.05) is 6.92 Å². The molecule has 1 amide bonds. The van der Waals surface area contributed by atoms with Crippen LogP contribution in [0.15, 0.2) is 0 Å². The maximum Gasteiger partial charge on any atom is 0.218 e. The van der Waals surface area contributed by atoms with E-state index in [-0.39, 0.29) is 12.5 Å². The van der Waals surface area contributed by atoms with Gasteiger partial charge in [0, 0.05) is 0 Å². The van der Waals surface area contributed by atoms with Gasteiger partial charge in [0.2, 0.25) is 5.91 Å². The second-order valence-corrected chi connectivity index (χ2v) is 2.00. The van der Waals surface area contributed by atoms with E-state index < -0.39 is 0 Å². The fourth-order valence-corrected chi connectivity index (χ4v) is 0.759. The van der Waals surface area contributed by atoms with Gasteiger partial charge in [-0.15, -0.1) is 6.73 Å². The molecule has 3 heteroatoms. The fraction of sp³-hybridized carbons (Fsp3) is 0.667. The predicted octanol–water partition coefficient (Wildman–Crippen LogP) is 0.374. The van der Waals surface area contributed by atoms with E-state index in [4.69, 9.17) is 4.74 Å². The number of hydrogen-bond donors (Lipinski definition) is 0. The van der Waals surface area contributed by atoms with Crippen molar-refractivity contribution < 1.29 is 9.53 Å². The molecular formula is C6H10NO2-. The Balaban J connectivity index is 2.31. The van der Waals surface area contributed by atoms with Crippen molar-refractivity contribution in [1.29, 1.82) is 0 Å². The van der Waals surface area contributed by atoms with Crippen LogP contribution in [0.2, 0.25) is 0 Å². The third kappa shape index (κ3) is 1.42. The molecule has 0 saturated carbocycles. The summed E-state index contributed by atoms with van der Waals surface area (Å²) in [6.45, 7) is 4.52. The minimum absolute atomic E-state index is 0.0665. The van der Waals surface area contributed by atoms with Gasteiger partial charge in [0.15, 0.2) is 0 Å². The lowest BCUT2D eigenvalue weighted by atomic mass is 10.4. The lowest BCUT2D eigenvalue weighted by molar-refractivity contribution is -0.126. The first-order valence-corrected chi connectivity index (χ1v) is 3.09. The normalized spacial score (nSPS) is 19.2. The van der Waals surface area contributed by atoms with Crippen LogP contribution in [0.3, 0.4) is 0 Å². The van der Waals surface area contributed by atoms with E-state index in [2.05, 4.69) is 0 Å². The van der Waals surface area contributed by atoms with Crippen molar-refractivity contribution in [3.63, 3.8) is 0 Å². The first-order valence-electron chi connectivity index (χ1n) is 3.09. The molecule has 52 valence electrons. The Hall–Kier alpha value is -0.570. The molecular weight excluding hydrogens is 118 g/mol. The van der Waals surface area contributed by atoms with Crippen molar-refractivity contribution in [3.05, 3.63) is 6.73 Å². The van der Waals surface area contributed by atoms with Crippen LogP contribution >= 0.6 is 0 Å². The summed E-state index contributed by atoms with van der Waals surface area (Å²) < 4.78 is 4.77. The molecule has 9 heavy (non-hydrogen) atoms. The molecule has 1 heterocycles. The molecule has 0 aromatic rings. The van der Waals surface area contributed by atoms with Crippen LogP contribution in [0.25, 0.3) is 0 Å². The van der Waals surface area contributed by atoms with E-state index in [0.29, 0.717) is 0 Å². The topological polar surface area (TPSA) is 29.5 Å². The number of hydrogen-bond acceptors (Lipinski definition) is 2. The van der Waals surface area contributed by atoms with Crippen LogP contribution in [-0.4, -0.2) is 24.0 Å². The van der Waals surface area contributed by atoms with E-state index >= 15 is 0 Å². The number of rotatable bonds is 2. The molecule has 0 aromatic heterocycles. The highest BCUT2D eigenvalue weighted by Gasteiger charge is 2.09. The van der Waals surface area contributed by atoms with Crippen LogP contribution in [0, 0.1) is 6.73 Å². The summed E-state index contributed by atoms with van der Waals surface area (Å²) in [4.78, 5) is 12.3. The first kappa shape index (κ1) is 6.55. The number of nitrogens with zero attached hydrogens (tertiary/aromatic N) is 1. The van der Waals surface area contributed by atoms with Gasteiger partial charge in [-0.05, 0) is 13.0 Å². The second-order valence-electron chi connectivity index (χ2n) is 2.00. The van der Waals surface area contributed by atoms with Crippen molar-refractivity contribution >= 4 is 5.91 Å². The summed E-state index contributed by atoms with van der Waals surface area (Å²) in [6, 6.07) is 0. The Morgan fingerprint density at radius 3 is 3.11 bits per heavy atom. The Kier molecular flexibility index (Phi) is 2.05. The highest BCUT2D eigenvalue weighted by atomic mass is 16.5. The van der Waals surface area contributed by atoms with Crippen LogP contribution in [0.4, 0.5) is 0 Å². The molecule has 1 aliphatic heterocycles. The molecule has 1 fully saturated rings. The lowest BCUT2D eigenvalue weighted by Crippen LogP contribution is -2.23. The molecule has 0 aliphatic carbocycles. The second kappa shape index (κ2) is 2.82. The van der Waals surface area contributed by atoms with E-state index in [1.54, 1.807) is 4.90 Å². The van der Waals surface area contributed by atoms with E-state index in [1.807, 2.05) is 6.92 Å². The van der Waals surface area contributed by atoms with E-state index in [0.717, 1.165) is 13.0 Å². The lowest BCUT2D eigenvalue weighted by Gasteiger charge is -2.21. The highest BCUT2D eigenvalue weighted by molar-refractivity contribution is 5.79. The van der Waals surface area contributed by atoms with Crippen molar-refractivity contribution in [2.75, 3.05) is 13.2 Å². The third-order valence-corrected chi connectivity index (χ3v) is 1.19. The number of ether oxygens (including phenoxy) is 1. The average molecular weight is 128 g/mol. The van der Waals surface area contributed by atoms with Crippen molar-refractivity contribution in [3.8, 4) is 0 Å². The standard InChI is InChI=1S/C6H10NO2/c1-2-3-7-5-9-4-6(7)8/h5H,2-4H2,1H3/q-1. The molecule has 0 aromatic carbocycles. The predicted molar refractivity (Wildman–Crippen MR) is 32.3 cm³/mol. The Bertz CT molecular complexity index is 114. The zero-order valence-electron chi connectivity index (χ0n) is 5.46. The van der Waals surface area contributed by atoms with Gasteiger partial charge in [-0.3, -0.25) is 4.79 Å². The maximum atomic E-state index is 10.7. The van der Waals surface area contributed by atoms with Crippen LogP contribution in [0.5, 0.6) is 0 Å². The van der Waals surface area contributed by atoms with Gasteiger partial charge < -0.3 is 9.64 Å². The van der Waals surface area contributed by atoms with Gasteiger partial charge in [0.1, 0.15) is 0 Å². The summed E-state index contributed by atoms with van der Waals surface area (Å²) in [5.41, 5.74) is 0. The molecule has 0 spiro atoms. The molecule has 1 rings (SSSR count). The van der Waals surface area contributed by atoms with Crippen molar-refractivity contribution in [1.82, 2.24) is 4.90 Å². The molecule has 0 atom stereocenters. The zero-order valence-corrected chi connectivity index (χ0v) is 5.46. The molecule has 1 saturated heterocycles. The SMILES string of the molecule is CCCN1[CH-]OCC1=O. The summed E-state index contributed by atoms with van der Waals surface area (Å²) >= 11 is 0. The Labute approximate surface area is 54.6 Å². The van der Waals surface area contributed by atoms with E-state index in [9.17, 15) is 4.79 Å². The first-order chi connectivity index (χ1) is 4.34. The quantitative estimate of drug-likeness (QED) is 0.503. The molecule has 0 N–H and O–H groups in total. The number of amides is 1. The maximum absolute atomic E-state index is 10.7. The van der Waals surface area contributed by atoms with Crippen LogP contribution in [-0.2, 0) is 9.53 Å².